The summed E-state index contributed by atoms with van der Waals surface area (Å²) in [5, 5.41) is 0. The van der Waals surface area contributed by atoms with Crippen molar-refractivity contribution in [1.82, 2.24) is 13.9 Å². The fourth-order valence-corrected chi connectivity index (χ4v) is 2.42. The second-order valence-corrected chi connectivity index (χ2v) is 4.26. The zero-order valence-electron chi connectivity index (χ0n) is 9.04. The van der Waals surface area contributed by atoms with Crippen molar-refractivity contribution in [3.8, 4) is 0 Å². The van der Waals surface area contributed by atoms with Crippen LogP contribution in [-0.2, 0) is 7.05 Å². The molecular formula is C11H13N3O2. The molecule has 2 bridgehead atoms. The fourth-order valence-electron chi connectivity index (χ4n) is 2.42. The van der Waals surface area contributed by atoms with Crippen LogP contribution in [-0.4, -0.2) is 13.9 Å². The highest BCUT2D eigenvalue weighted by molar-refractivity contribution is 5.13. The number of hydrogen-bond acceptors (Lipinski definition) is 2. The molecule has 0 aromatic carbocycles. The van der Waals surface area contributed by atoms with Gasteiger partial charge in [-0.15, -0.1) is 0 Å². The van der Waals surface area contributed by atoms with E-state index in [1.54, 1.807) is 9.36 Å². The SMILES string of the molecule is Cn1c(=O)n2n(c1=O)C1C=CC2/C=C\CC1. The van der Waals surface area contributed by atoms with E-state index in [1.165, 1.54) is 11.6 Å². The first-order valence-corrected chi connectivity index (χ1v) is 5.45. The van der Waals surface area contributed by atoms with Gasteiger partial charge in [-0.05, 0) is 12.8 Å². The molecule has 2 heterocycles. The Hall–Kier alpha value is -1.78. The van der Waals surface area contributed by atoms with Crippen molar-refractivity contribution in [1.29, 1.82) is 0 Å². The minimum Gasteiger partial charge on any atom is -0.246 e. The Labute approximate surface area is 91.9 Å². The van der Waals surface area contributed by atoms with Crippen molar-refractivity contribution in [2.24, 2.45) is 7.05 Å². The highest BCUT2D eigenvalue weighted by Gasteiger charge is 2.27. The molecule has 0 fully saturated rings. The van der Waals surface area contributed by atoms with Crippen LogP contribution >= 0.6 is 0 Å². The summed E-state index contributed by atoms with van der Waals surface area (Å²) in [6.07, 6.45) is 9.87. The average molecular weight is 219 g/mol. The highest BCUT2D eigenvalue weighted by atomic mass is 16.2. The Morgan fingerprint density at radius 2 is 1.88 bits per heavy atom. The van der Waals surface area contributed by atoms with Crippen LogP contribution in [0.4, 0.5) is 0 Å². The number of hydrogen-bond donors (Lipinski definition) is 0. The lowest BCUT2D eigenvalue weighted by Gasteiger charge is -2.26. The lowest BCUT2D eigenvalue weighted by molar-refractivity contribution is 0.356. The van der Waals surface area contributed by atoms with E-state index in [2.05, 4.69) is 6.08 Å². The summed E-state index contributed by atoms with van der Waals surface area (Å²) >= 11 is 0. The first-order valence-electron chi connectivity index (χ1n) is 5.45. The van der Waals surface area contributed by atoms with Gasteiger partial charge in [-0.2, -0.15) is 0 Å². The molecule has 84 valence electrons. The predicted molar refractivity (Wildman–Crippen MR) is 59.5 cm³/mol. The maximum Gasteiger partial charge on any atom is 0.347 e. The molecule has 0 spiro atoms. The number of fused-ring (bicyclic) bond motifs is 5. The topological polar surface area (TPSA) is 48.9 Å². The van der Waals surface area contributed by atoms with Gasteiger partial charge in [0.1, 0.15) is 0 Å². The second kappa shape index (κ2) is 3.10. The van der Waals surface area contributed by atoms with Crippen molar-refractivity contribution in [3.63, 3.8) is 0 Å². The van der Waals surface area contributed by atoms with E-state index in [0.29, 0.717) is 0 Å². The first-order chi connectivity index (χ1) is 7.70. The maximum absolute atomic E-state index is 11.9. The van der Waals surface area contributed by atoms with E-state index in [4.69, 9.17) is 0 Å². The molecule has 1 aliphatic heterocycles. The van der Waals surface area contributed by atoms with Crippen LogP contribution in [0.25, 0.3) is 0 Å². The Kier molecular flexibility index (Phi) is 1.83. The van der Waals surface area contributed by atoms with Crippen LogP contribution in [0, 0.1) is 0 Å². The summed E-state index contributed by atoms with van der Waals surface area (Å²) in [6.45, 7) is 0. The van der Waals surface area contributed by atoms with Gasteiger partial charge in [0.2, 0.25) is 0 Å². The average Bonchev–Trinajstić information content (AvgIpc) is 2.45. The van der Waals surface area contributed by atoms with Crippen molar-refractivity contribution in [3.05, 3.63) is 45.3 Å². The third kappa shape index (κ3) is 1.05. The smallest absolute Gasteiger partial charge is 0.246 e. The van der Waals surface area contributed by atoms with E-state index >= 15 is 0 Å². The van der Waals surface area contributed by atoms with Crippen LogP contribution in [0.2, 0.25) is 0 Å². The maximum atomic E-state index is 11.9. The molecule has 3 rings (SSSR count). The number of rotatable bonds is 0. The van der Waals surface area contributed by atoms with E-state index in [-0.39, 0.29) is 23.5 Å². The minimum atomic E-state index is -0.240. The van der Waals surface area contributed by atoms with E-state index in [0.717, 1.165) is 12.8 Å². The fraction of sp³-hybridized carbons (Fsp3) is 0.455. The zero-order valence-corrected chi connectivity index (χ0v) is 9.04. The molecule has 2 unspecified atom stereocenters. The van der Waals surface area contributed by atoms with Crippen LogP contribution in [0.5, 0.6) is 0 Å². The van der Waals surface area contributed by atoms with Gasteiger partial charge in [0.15, 0.2) is 0 Å². The molecule has 2 aliphatic rings. The normalized spacial score (nSPS) is 28.6. The first kappa shape index (κ1) is 9.45. The van der Waals surface area contributed by atoms with Gasteiger partial charge < -0.3 is 0 Å². The molecule has 0 amide bonds. The second-order valence-electron chi connectivity index (χ2n) is 4.26. The number of allylic oxidation sites excluding steroid dienone is 4. The van der Waals surface area contributed by atoms with Gasteiger partial charge in [0, 0.05) is 7.05 Å². The molecule has 5 nitrogen and oxygen atoms in total. The summed E-state index contributed by atoms with van der Waals surface area (Å²) in [6, 6.07) is -0.0967. The summed E-state index contributed by atoms with van der Waals surface area (Å²) in [5.74, 6) is 0. The lowest BCUT2D eigenvalue weighted by atomic mass is 10.0. The van der Waals surface area contributed by atoms with Gasteiger partial charge in [0.05, 0.1) is 12.1 Å². The van der Waals surface area contributed by atoms with Gasteiger partial charge in [-0.1, -0.05) is 24.3 Å². The monoisotopic (exact) mass is 219 g/mol. The molecule has 0 saturated carbocycles. The Morgan fingerprint density at radius 3 is 2.69 bits per heavy atom. The quantitative estimate of drug-likeness (QED) is 0.591. The van der Waals surface area contributed by atoms with Crippen molar-refractivity contribution >= 4 is 0 Å². The lowest BCUT2D eigenvalue weighted by Crippen LogP contribution is -2.35. The van der Waals surface area contributed by atoms with Crippen LogP contribution in [0.3, 0.4) is 0 Å². The van der Waals surface area contributed by atoms with Gasteiger partial charge in [0.25, 0.3) is 0 Å². The Morgan fingerprint density at radius 1 is 1.12 bits per heavy atom. The molecule has 0 saturated heterocycles. The summed E-state index contributed by atoms with van der Waals surface area (Å²) < 4.78 is 4.30. The summed E-state index contributed by atoms with van der Waals surface area (Å²) in [5.41, 5.74) is -0.462. The van der Waals surface area contributed by atoms with Crippen LogP contribution in [0.15, 0.2) is 33.9 Å². The molecule has 2 atom stereocenters. The third-order valence-corrected chi connectivity index (χ3v) is 3.29. The van der Waals surface area contributed by atoms with Crippen molar-refractivity contribution in [2.45, 2.75) is 24.9 Å². The van der Waals surface area contributed by atoms with E-state index < -0.39 is 0 Å². The molecule has 16 heavy (non-hydrogen) atoms. The van der Waals surface area contributed by atoms with Gasteiger partial charge in [-0.25, -0.2) is 23.5 Å². The minimum absolute atomic E-state index is 0.0163. The third-order valence-electron chi connectivity index (χ3n) is 3.29. The summed E-state index contributed by atoms with van der Waals surface area (Å²) in [7, 11) is 1.53. The molecular weight excluding hydrogens is 206 g/mol. The molecule has 1 aromatic rings. The Bertz CT molecular complexity index is 600. The Balaban J connectivity index is 2.38. The van der Waals surface area contributed by atoms with Crippen molar-refractivity contribution in [2.75, 3.05) is 0 Å². The zero-order chi connectivity index (χ0) is 11.3. The largest absolute Gasteiger partial charge is 0.347 e. The molecule has 1 aliphatic carbocycles. The molecule has 0 N–H and O–H groups in total. The number of nitrogens with zero attached hydrogens (tertiary/aromatic N) is 3. The molecule has 1 aromatic heterocycles. The molecule has 5 heteroatoms. The van der Waals surface area contributed by atoms with Crippen molar-refractivity contribution < 1.29 is 0 Å². The highest BCUT2D eigenvalue weighted by Crippen LogP contribution is 2.25. The summed E-state index contributed by atoms with van der Waals surface area (Å²) in [4.78, 5) is 23.9. The van der Waals surface area contributed by atoms with Crippen LogP contribution < -0.4 is 11.4 Å². The predicted octanol–water partition coefficient (Wildman–Crippen LogP) is 0.350. The van der Waals surface area contributed by atoms with Crippen LogP contribution in [0.1, 0.15) is 24.9 Å². The van der Waals surface area contributed by atoms with E-state index in [1.807, 2.05) is 18.2 Å². The standard InChI is InChI=1S/C11H13N3O2/c1-12-10(15)13-8-4-2-3-5-9(7-6-8)14(13)11(12)16/h2,4,6-9H,3,5H2,1H3/b4-2-. The van der Waals surface area contributed by atoms with Gasteiger partial charge in [-0.3, -0.25) is 0 Å². The molecule has 0 radical (unpaired) electrons. The van der Waals surface area contributed by atoms with Gasteiger partial charge >= 0.3 is 11.4 Å². The number of aromatic nitrogens is 3. The van der Waals surface area contributed by atoms with E-state index in [9.17, 15) is 9.59 Å².